The van der Waals surface area contributed by atoms with Crippen LogP contribution in [0.1, 0.15) is 90.4 Å². The van der Waals surface area contributed by atoms with Gasteiger partial charge in [0.15, 0.2) is 0 Å². The smallest absolute Gasteiger partial charge is 0.0351 e. The normalized spacial score (nSPS) is 13.2. The summed E-state index contributed by atoms with van der Waals surface area (Å²) in [6.07, 6.45) is 21.8. The predicted octanol–water partition coefficient (Wildman–Crippen LogP) is 6.92. The molecule has 0 fully saturated rings. The minimum absolute atomic E-state index is 0.936. The average Bonchev–Trinajstić information content (AvgIpc) is 2.44. The van der Waals surface area contributed by atoms with Gasteiger partial charge in [-0.1, -0.05) is 90.2 Å². The molecule has 1 atom stereocenters. The van der Waals surface area contributed by atoms with Crippen LogP contribution in [-0.4, -0.2) is 0 Å². The summed E-state index contributed by atoms with van der Waals surface area (Å²) in [4.78, 5) is 0. The molecule has 0 saturated heterocycles. The predicted molar refractivity (Wildman–Crippen MR) is 89.0 cm³/mol. The minimum atomic E-state index is 0.936. The van der Waals surface area contributed by atoms with E-state index in [9.17, 15) is 0 Å². The average molecular weight is 264 g/mol. The highest BCUT2D eigenvalue weighted by Gasteiger charge is 2.05. The summed E-state index contributed by atoms with van der Waals surface area (Å²) in [5.74, 6) is 0.977. The van der Waals surface area contributed by atoms with Crippen LogP contribution in [0.2, 0.25) is 0 Å². The van der Waals surface area contributed by atoms with Crippen molar-refractivity contribution in [3.8, 4) is 0 Å². The summed E-state index contributed by atoms with van der Waals surface area (Å²) in [6, 6.07) is 0. The van der Waals surface area contributed by atoms with Crippen molar-refractivity contribution in [2.24, 2.45) is 5.92 Å². The molecule has 0 heterocycles. The second-order valence-electron chi connectivity index (χ2n) is 5.73. The van der Waals surface area contributed by atoms with Crippen LogP contribution in [0, 0.1) is 19.8 Å². The van der Waals surface area contributed by atoms with E-state index in [2.05, 4.69) is 32.9 Å². The van der Waals surface area contributed by atoms with E-state index in [1.807, 2.05) is 0 Å². The standard InChI is InChI=1S/C19H36/c1-4-7-9-11-13-15-17-19(6-3)18-16-14-12-10-8-5-2/h7,9,19H,1-2,4-6,8,10-18H2,3H3. The van der Waals surface area contributed by atoms with Crippen LogP contribution in [0.3, 0.4) is 0 Å². The van der Waals surface area contributed by atoms with Gasteiger partial charge in [0.1, 0.15) is 0 Å². The Morgan fingerprint density at radius 1 is 0.789 bits per heavy atom. The van der Waals surface area contributed by atoms with E-state index in [0.29, 0.717) is 0 Å². The molecule has 0 N–H and O–H groups in total. The molecule has 19 heavy (non-hydrogen) atoms. The van der Waals surface area contributed by atoms with Crippen LogP contribution in [0.15, 0.2) is 12.2 Å². The van der Waals surface area contributed by atoms with Gasteiger partial charge in [-0.15, -0.1) is 0 Å². The first-order valence-electron chi connectivity index (χ1n) is 8.58. The van der Waals surface area contributed by atoms with E-state index in [4.69, 9.17) is 0 Å². The van der Waals surface area contributed by atoms with Crippen molar-refractivity contribution >= 4 is 0 Å². The maximum Gasteiger partial charge on any atom is -0.0351 e. The van der Waals surface area contributed by atoms with E-state index in [1.54, 1.807) is 0 Å². The third-order valence-electron chi connectivity index (χ3n) is 4.01. The first kappa shape index (κ1) is 18.7. The van der Waals surface area contributed by atoms with Gasteiger partial charge in [-0.3, -0.25) is 0 Å². The highest BCUT2D eigenvalue weighted by Crippen LogP contribution is 2.21. The lowest BCUT2D eigenvalue weighted by Gasteiger charge is -2.14. The molecule has 1 unspecified atom stereocenters. The minimum Gasteiger partial charge on any atom is -0.0885 e. The molecule has 0 heteroatoms. The molecule has 0 rings (SSSR count). The summed E-state index contributed by atoms with van der Waals surface area (Å²) < 4.78 is 0. The quantitative estimate of drug-likeness (QED) is 0.236. The third kappa shape index (κ3) is 14.0. The Morgan fingerprint density at radius 3 is 2.05 bits per heavy atom. The molecule has 0 amide bonds. The fraction of sp³-hybridized carbons (Fsp3) is 0.789. The van der Waals surface area contributed by atoms with Crippen molar-refractivity contribution in [2.75, 3.05) is 0 Å². The van der Waals surface area contributed by atoms with Gasteiger partial charge in [0.25, 0.3) is 0 Å². The van der Waals surface area contributed by atoms with Crippen LogP contribution >= 0.6 is 0 Å². The van der Waals surface area contributed by atoms with Gasteiger partial charge in [-0.05, 0) is 32.1 Å². The summed E-state index contributed by atoms with van der Waals surface area (Å²) in [5.41, 5.74) is 0. The monoisotopic (exact) mass is 264 g/mol. The number of unbranched alkanes of at least 4 members (excludes halogenated alkanes) is 7. The van der Waals surface area contributed by atoms with Crippen molar-refractivity contribution in [3.63, 3.8) is 0 Å². The zero-order chi connectivity index (χ0) is 14.2. The Labute approximate surface area is 123 Å². The lowest BCUT2D eigenvalue weighted by atomic mass is 9.92. The Hall–Kier alpha value is -0.260. The molecular formula is C19H36. The van der Waals surface area contributed by atoms with E-state index in [1.165, 1.54) is 70.6 Å². The van der Waals surface area contributed by atoms with Crippen LogP contribution in [0.5, 0.6) is 0 Å². The van der Waals surface area contributed by atoms with E-state index >= 15 is 0 Å². The summed E-state index contributed by atoms with van der Waals surface area (Å²) in [7, 11) is 0. The van der Waals surface area contributed by atoms with Gasteiger partial charge in [-0.2, -0.15) is 0 Å². The number of allylic oxidation sites excluding steroid dienone is 2. The maximum atomic E-state index is 3.90. The van der Waals surface area contributed by atoms with Gasteiger partial charge in [0.05, 0.1) is 0 Å². The molecule has 0 nitrogen and oxygen atoms in total. The highest BCUT2D eigenvalue weighted by atomic mass is 14.1. The Bertz CT molecular complexity index is 180. The number of rotatable bonds is 14. The maximum absolute atomic E-state index is 3.90. The second-order valence-corrected chi connectivity index (χ2v) is 5.73. The van der Waals surface area contributed by atoms with Gasteiger partial charge in [0.2, 0.25) is 0 Å². The lowest BCUT2D eigenvalue weighted by Crippen LogP contribution is -1.99. The van der Waals surface area contributed by atoms with Crippen LogP contribution in [-0.2, 0) is 0 Å². The molecule has 0 aliphatic heterocycles. The molecule has 0 aromatic heterocycles. The third-order valence-corrected chi connectivity index (χ3v) is 4.01. The molecule has 2 radical (unpaired) electrons. The van der Waals surface area contributed by atoms with E-state index < -0.39 is 0 Å². The van der Waals surface area contributed by atoms with Gasteiger partial charge in [-0.25, -0.2) is 0 Å². The number of hydrogen-bond acceptors (Lipinski definition) is 0. The summed E-state index contributed by atoms with van der Waals surface area (Å²) in [6.45, 7) is 10.1. The van der Waals surface area contributed by atoms with Gasteiger partial charge in [0, 0.05) is 0 Å². The number of hydrogen-bond donors (Lipinski definition) is 0. The van der Waals surface area contributed by atoms with Crippen molar-refractivity contribution in [3.05, 3.63) is 26.0 Å². The first-order valence-corrected chi connectivity index (χ1v) is 8.58. The summed E-state index contributed by atoms with van der Waals surface area (Å²) >= 11 is 0. The summed E-state index contributed by atoms with van der Waals surface area (Å²) in [5, 5.41) is 0. The second kappa shape index (κ2) is 15.8. The SMILES string of the molecule is [CH2]CC=CCCCCC(CC)CCCCCCC[CH2]. The fourth-order valence-electron chi connectivity index (χ4n) is 2.62. The zero-order valence-electron chi connectivity index (χ0n) is 13.3. The van der Waals surface area contributed by atoms with Gasteiger partial charge >= 0.3 is 0 Å². The topological polar surface area (TPSA) is 0 Å². The van der Waals surface area contributed by atoms with Crippen molar-refractivity contribution in [1.29, 1.82) is 0 Å². The largest absolute Gasteiger partial charge is 0.0885 e. The molecule has 112 valence electrons. The van der Waals surface area contributed by atoms with E-state index in [-0.39, 0.29) is 0 Å². The van der Waals surface area contributed by atoms with Crippen molar-refractivity contribution in [1.82, 2.24) is 0 Å². The Morgan fingerprint density at radius 2 is 1.42 bits per heavy atom. The zero-order valence-corrected chi connectivity index (χ0v) is 13.3. The highest BCUT2D eigenvalue weighted by molar-refractivity contribution is 4.81. The van der Waals surface area contributed by atoms with Crippen LogP contribution in [0.25, 0.3) is 0 Å². The molecular weight excluding hydrogens is 228 g/mol. The molecule has 0 aliphatic rings. The van der Waals surface area contributed by atoms with Crippen LogP contribution in [0.4, 0.5) is 0 Å². The fourth-order valence-corrected chi connectivity index (χ4v) is 2.62. The Kier molecular flexibility index (Phi) is 15.6. The first-order chi connectivity index (χ1) is 9.35. The van der Waals surface area contributed by atoms with Crippen LogP contribution < -0.4 is 0 Å². The van der Waals surface area contributed by atoms with Crippen molar-refractivity contribution < 1.29 is 0 Å². The molecule has 0 aliphatic carbocycles. The molecule has 0 saturated carbocycles. The molecule has 0 spiro atoms. The lowest BCUT2D eigenvalue weighted by molar-refractivity contribution is 0.397. The molecule has 0 aromatic rings. The van der Waals surface area contributed by atoms with Gasteiger partial charge < -0.3 is 0 Å². The molecule has 0 bridgehead atoms. The molecule has 0 aromatic carbocycles. The van der Waals surface area contributed by atoms with Crippen molar-refractivity contribution in [2.45, 2.75) is 90.4 Å². The van der Waals surface area contributed by atoms with E-state index in [0.717, 1.165) is 18.8 Å². The Balaban J connectivity index is 3.37.